The van der Waals surface area contributed by atoms with E-state index in [1.807, 2.05) is 0 Å². The van der Waals surface area contributed by atoms with Crippen molar-refractivity contribution in [2.75, 3.05) is 0 Å². The van der Waals surface area contributed by atoms with Crippen molar-refractivity contribution in [1.82, 2.24) is 0 Å². The molecule has 1 unspecified atom stereocenters. The Morgan fingerprint density at radius 1 is 0.871 bits per heavy atom. The molecular weight excluding hydrogens is 388 g/mol. The number of carboxylic acid groups (broad SMARTS) is 1. The van der Waals surface area contributed by atoms with Crippen LogP contribution < -0.4 is 0 Å². The molecule has 31 heavy (non-hydrogen) atoms. The zero-order chi connectivity index (χ0) is 23.0. The predicted molar refractivity (Wildman–Crippen MR) is 126 cm³/mol. The van der Waals surface area contributed by atoms with Gasteiger partial charge in [0.2, 0.25) is 0 Å². The summed E-state index contributed by atoms with van der Waals surface area (Å²) in [5.74, 6) is -0.614. The second-order valence-electron chi connectivity index (χ2n) is 11.2. The molecule has 1 N–H and O–H groups in total. The van der Waals surface area contributed by atoms with E-state index < -0.39 is 11.6 Å². The summed E-state index contributed by atoms with van der Waals surface area (Å²) in [5.41, 5.74) is -1.08. The van der Waals surface area contributed by atoms with Gasteiger partial charge in [0.25, 0.3) is 0 Å². The Bertz CT molecular complexity index is 584. The minimum atomic E-state index is -0.859. The summed E-state index contributed by atoms with van der Waals surface area (Å²) in [6, 6.07) is 0. The van der Waals surface area contributed by atoms with Crippen molar-refractivity contribution in [3.63, 3.8) is 0 Å². The third kappa shape index (κ3) is 6.26. The molecule has 2 fully saturated rings. The van der Waals surface area contributed by atoms with Gasteiger partial charge in [0.05, 0.1) is 6.42 Å². The van der Waals surface area contributed by atoms with Gasteiger partial charge in [0.1, 0.15) is 5.60 Å². The Morgan fingerprint density at radius 2 is 1.39 bits per heavy atom. The molecule has 0 amide bonds. The Morgan fingerprint density at radius 3 is 1.81 bits per heavy atom. The van der Waals surface area contributed by atoms with Crippen LogP contribution in [-0.4, -0.2) is 22.6 Å². The number of carboxylic acids is 1. The maximum atomic E-state index is 12.7. The standard InChI is InChI=1S/C27H48O4/c1-5-6-7-8-9-10-11-12-13-14-15-16-17-24(30)31-27(21-23(28)29)20-22-18-19-26(27,4)25(22,2)3/h22H,5-21H2,1-4H3,(H,28,29)/t22-,26+,27?/m1/s1. The molecule has 3 atom stereocenters. The Labute approximate surface area is 190 Å². The summed E-state index contributed by atoms with van der Waals surface area (Å²) in [4.78, 5) is 24.3. The molecule has 2 saturated carbocycles. The molecule has 0 radical (unpaired) electrons. The van der Waals surface area contributed by atoms with Crippen LogP contribution in [0.4, 0.5) is 0 Å². The van der Waals surface area contributed by atoms with E-state index in [1.54, 1.807) is 0 Å². The lowest BCUT2D eigenvalue weighted by atomic mass is 9.63. The molecule has 2 bridgehead atoms. The van der Waals surface area contributed by atoms with Gasteiger partial charge in [-0.2, -0.15) is 0 Å². The number of ether oxygens (including phenoxy) is 1. The fourth-order valence-electron chi connectivity index (χ4n) is 6.47. The number of aliphatic carboxylic acids is 1. The first kappa shape index (κ1) is 26.2. The second kappa shape index (κ2) is 11.7. The third-order valence-corrected chi connectivity index (χ3v) is 9.00. The van der Waals surface area contributed by atoms with Gasteiger partial charge in [-0.3, -0.25) is 9.59 Å². The van der Waals surface area contributed by atoms with E-state index in [-0.39, 0.29) is 23.2 Å². The maximum absolute atomic E-state index is 12.7. The van der Waals surface area contributed by atoms with Crippen LogP contribution in [0, 0.1) is 16.7 Å². The Hall–Kier alpha value is -1.06. The molecular formula is C27H48O4. The fourth-order valence-corrected chi connectivity index (χ4v) is 6.47. The van der Waals surface area contributed by atoms with Crippen molar-refractivity contribution in [3.8, 4) is 0 Å². The molecule has 0 aromatic heterocycles. The highest BCUT2D eigenvalue weighted by Gasteiger charge is 2.71. The number of carbonyl (C=O) groups is 2. The van der Waals surface area contributed by atoms with Crippen molar-refractivity contribution >= 4 is 11.9 Å². The molecule has 0 aromatic rings. The maximum Gasteiger partial charge on any atom is 0.307 e. The van der Waals surface area contributed by atoms with Crippen LogP contribution in [-0.2, 0) is 14.3 Å². The number of hydrogen-bond acceptors (Lipinski definition) is 3. The summed E-state index contributed by atoms with van der Waals surface area (Å²) in [5, 5.41) is 9.56. The monoisotopic (exact) mass is 436 g/mol. The van der Waals surface area contributed by atoms with Gasteiger partial charge in [-0.25, -0.2) is 0 Å². The average Bonchev–Trinajstić information content (AvgIpc) is 3.00. The van der Waals surface area contributed by atoms with Crippen LogP contribution >= 0.6 is 0 Å². The largest absolute Gasteiger partial charge is 0.481 e. The summed E-state index contributed by atoms with van der Waals surface area (Å²) < 4.78 is 6.06. The number of carbonyl (C=O) groups excluding carboxylic acids is 1. The number of fused-ring (bicyclic) bond motifs is 2. The van der Waals surface area contributed by atoms with Crippen LogP contribution in [0.15, 0.2) is 0 Å². The summed E-state index contributed by atoms with van der Waals surface area (Å²) in [6.45, 7) is 8.87. The van der Waals surface area contributed by atoms with Gasteiger partial charge in [-0.15, -0.1) is 0 Å². The lowest BCUT2D eigenvalue weighted by Gasteiger charge is -2.47. The van der Waals surface area contributed by atoms with E-state index in [9.17, 15) is 14.7 Å². The lowest BCUT2D eigenvalue weighted by molar-refractivity contribution is -0.185. The van der Waals surface area contributed by atoms with Gasteiger partial charge >= 0.3 is 11.9 Å². The average molecular weight is 437 g/mol. The third-order valence-electron chi connectivity index (χ3n) is 9.00. The second-order valence-corrected chi connectivity index (χ2v) is 11.2. The summed E-state index contributed by atoms with van der Waals surface area (Å²) >= 11 is 0. The van der Waals surface area contributed by atoms with E-state index in [2.05, 4.69) is 27.7 Å². The quantitative estimate of drug-likeness (QED) is 0.199. The number of esters is 1. The van der Waals surface area contributed by atoms with Gasteiger partial charge in [-0.05, 0) is 37.0 Å². The summed E-state index contributed by atoms with van der Waals surface area (Å²) in [6.07, 6.45) is 18.3. The van der Waals surface area contributed by atoms with E-state index in [0.717, 1.165) is 25.7 Å². The number of unbranched alkanes of at least 4 members (excludes halogenated alkanes) is 11. The summed E-state index contributed by atoms with van der Waals surface area (Å²) in [7, 11) is 0. The van der Waals surface area contributed by atoms with Gasteiger partial charge in [-0.1, -0.05) is 98.3 Å². The van der Waals surface area contributed by atoms with E-state index >= 15 is 0 Å². The first-order valence-corrected chi connectivity index (χ1v) is 13.1. The van der Waals surface area contributed by atoms with Crippen molar-refractivity contribution < 1.29 is 19.4 Å². The van der Waals surface area contributed by atoms with Crippen LogP contribution in [0.5, 0.6) is 0 Å². The smallest absolute Gasteiger partial charge is 0.307 e. The Balaban J connectivity index is 1.65. The Kier molecular flexibility index (Phi) is 9.89. The predicted octanol–water partition coefficient (Wildman–Crippen LogP) is 7.68. The molecule has 0 saturated heterocycles. The molecule has 4 heteroatoms. The van der Waals surface area contributed by atoms with Crippen molar-refractivity contribution in [1.29, 1.82) is 0 Å². The highest BCUT2D eigenvalue weighted by atomic mass is 16.6. The van der Waals surface area contributed by atoms with Crippen molar-refractivity contribution in [2.24, 2.45) is 16.7 Å². The van der Waals surface area contributed by atoms with Gasteiger partial charge in [0.15, 0.2) is 0 Å². The molecule has 2 aliphatic carbocycles. The lowest BCUT2D eigenvalue weighted by Crippen LogP contribution is -2.51. The number of hydrogen-bond donors (Lipinski definition) is 1. The molecule has 0 heterocycles. The van der Waals surface area contributed by atoms with Gasteiger partial charge in [0, 0.05) is 11.8 Å². The number of rotatable bonds is 16. The zero-order valence-corrected chi connectivity index (χ0v) is 20.8. The highest BCUT2D eigenvalue weighted by molar-refractivity contribution is 5.73. The SMILES string of the molecule is CCCCCCCCCCCCCCC(=O)OC1(CC(=O)O)C[C@H]2CC[C@@]1(C)C2(C)C. The topological polar surface area (TPSA) is 63.6 Å². The minimum Gasteiger partial charge on any atom is -0.481 e. The first-order chi connectivity index (χ1) is 14.7. The molecule has 0 aromatic carbocycles. The van der Waals surface area contributed by atoms with Crippen molar-refractivity contribution in [2.45, 2.75) is 142 Å². The molecule has 2 rings (SSSR count). The van der Waals surface area contributed by atoms with Crippen LogP contribution in [0.25, 0.3) is 0 Å². The van der Waals surface area contributed by atoms with Crippen LogP contribution in [0.3, 0.4) is 0 Å². The molecule has 0 spiro atoms. The molecule has 0 aliphatic heterocycles. The van der Waals surface area contributed by atoms with Crippen molar-refractivity contribution in [3.05, 3.63) is 0 Å². The molecule has 4 nitrogen and oxygen atoms in total. The van der Waals surface area contributed by atoms with E-state index in [0.29, 0.717) is 18.8 Å². The highest BCUT2D eigenvalue weighted by Crippen LogP contribution is 2.71. The fraction of sp³-hybridized carbons (Fsp3) is 0.926. The minimum absolute atomic E-state index is 0.0126. The van der Waals surface area contributed by atoms with Crippen LogP contribution in [0.2, 0.25) is 0 Å². The first-order valence-electron chi connectivity index (χ1n) is 13.1. The zero-order valence-electron chi connectivity index (χ0n) is 20.8. The van der Waals surface area contributed by atoms with Crippen LogP contribution in [0.1, 0.15) is 137 Å². The molecule has 2 aliphatic rings. The van der Waals surface area contributed by atoms with E-state index in [4.69, 9.17) is 4.74 Å². The molecule has 180 valence electrons. The van der Waals surface area contributed by atoms with E-state index in [1.165, 1.54) is 64.2 Å². The van der Waals surface area contributed by atoms with Gasteiger partial charge < -0.3 is 9.84 Å². The normalized spacial score (nSPS) is 28.7.